The van der Waals surface area contributed by atoms with Gasteiger partial charge in [-0.2, -0.15) is 0 Å². The molecule has 3 heterocycles. The Morgan fingerprint density at radius 1 is 0.672 bits per heavy atom. The second-order valence-corrected chi connectivity index (χ2v) is 13.8. The Kier molecular flexibility index (Phi) is 13.8. The second kappa shape index (κ2) is 18.3. The van der Waals surface area contributed by atoms with E-state index in [0.717, 1.165) is 26.0 Å². The van der Waals surface area contributed by atoms with Gasteiger partial charge in [-0.3, -0.25) is 24.0 Å². The molecule has 58 heavy (non-hydrogen) atoms. The number of hydrogen-bond donors (Lipinski definition) is 2. The van der Waals surface area contributed by atoms with Crippen LogP contribution < -0.4 is 19.6 Å². The van der Waals surface area contributed by atoms with E-state index in [9.17, 15) is 34.2 Å². The lowest BCUT2D eigenvalue weighted by molar-refractivity contribution is -0.346. The van der Waals surface area contributed by atoms with E-state index in [1.54, 1.807) is 13.8 Å². The zero-order valence-electron chi connectivity index (χ0n) is 33.5. The van der Waals surface area contributed by atoms with Gasteiger partial charge in [0.15, 0.2) is 35.4 Å². The quantitative estimate of drug-likeness (QED) is 0.181. The number of rotatable bonds is 13. The van der Waals surface area contributed by atoms with Crippen molar-refractivity contribution in [3.63, 3.8) is 0 Å². The minimum Gasteiger partial charge on any atom is -0.507 e. The Morgan fingerprint density at radius 3 is 1.72 bits per heavy atom. The van der Waals surface area contributed by atoms with Crippen LogP contribution in [0.5, 0.6) is 28.7 Å². The average Bonchev–Trinajstić information content (AvgIpc) is 3.15. The molecule has 10 atom stereocenters. The molecular formula is C40H48O18. The fourth-order valence-corrected chi connectivity index (χ4v) is 7.18. The van der Waals surface area contributed by atoms with Gasteiger partial charge in [-0.15, -0.1) is 0 Å². The van der Waals surface area contributed by atoms with E-state index >= 15 is 0 Å². The van der Waals surface area contributed by atoms with E-state index in [2.05, 4.69) is 0 Å². The summed E-state index contributed by atoms with van der Waals surface area (Å²) in [5.41, 5.74) is -0.451. The van der Waals surface area contributed by atoms with Gasteiger partial charge in [0.1, 0.15) is 40.4 Å². The largest absolute Gasteiger partial charge is 0.507 e. The molecule has 2 fully saturated rings. The van der Waals surface area contributed by atoms with Crippen LogP contribution in [0.2, 0.25) is 0 Å². The Hall–Kier alpha value is -5.59. The van der Waals surface area contributed by atoms with Gasteiger partial charge in [0, 0.05) is 57.4 Å². The highest BCUT2D eigenvalue weighted by atomic mass is 16.8. The third-order valence-corrected chi connectivity index (χ3v) is 9.70. The molecule has 0 bridgehead atoms. The molecule has 2 aromatic carbocycles. The molecule has 1 aromatic heterocycles. The normalized spacial score (nSPS) is 26.9. The van der Waals surface area contributed by atoms with Crippen LogP contribution in [0.15, 0.2) is 39.5 Å². The average molecular weight is 817 g/mol. The van der Waals surface area contributed by atoms with Crippen molar-refractivity contribution in [2.24, 2.45) is 5.92 Å². The summed E-state index contributed by atoms with van der Waals surface area (Å²) >= 11 is 0. The van der Waals surface area contributed by atoms with E-state index in [4.69, 9.17) is 51.8 Å². The van der Waals surface area contributed by atoms with Crippen molar-refractivity contribution < 1.29 is 81.2 Å². The molecule has 0 unspecified atom stereocenters. The maximum Gasteiger partial charge on any atom is 0.303 e. The van der Waals surface area contributed by atoms with Crippen molar-refractivity contribution in [3.8, 4) is 40.1 Å². The fraction of sp³-hybridized carbons (Fsp3) is 0.525. The van der Waals surface area contributed by atoms with Gasteiger partial charge in [0.25, 0.3) is 0 Å². The number of aromatic hydroxyl groups is 2. The standard InChI is InChI=1S/C40H48O18/c1-10-26-17(3)34(50-18(4)41)37(52-20(6)43)40(56-26)58-35-27(11-2)57-39(38(53-21(7)44)36(35)51-19(5)42)54-23-14-24(45)32-25(46)16-28(55-29(32)15-23)22-12-30(48-8)33(47)31(13-22)49-9/h12-17,26-27,34-40,45,47H,10-11H2,1-9H3/t17-,26-,27-,34+,35-,36+,37-,38-,39-,40-/m1/s1. The first-order valence-corrected chi connectivity index (χ1v) is 18.6. The van der Waals surface area contributed by atoms with Crippen molar-refractivity contribution in [1.82, 2.24) is 0 Å². The molecule has 18 heteroatoms. The summed E-state index contributed by atoms with van der Waals surface area (Å²) in [4.78, 5) is 63.1. The Bertz CT molecular complexity index is 2030. The SMILES string of the molecule is CC[C@H]1O[C@H](O[C@H]2[C@H](OC(C)=O)[C@@H](OC(C)=O)[C@H](Oc3cc(O)c4c(=O)cc(-c5cc(OC)c(O)c(OC)c5)oc4c3)O[C@@H]2CC)[C@H](OC(C)=O)[C@@H](OC(C)=O)[C@@H]1C. The van der Waals surface area contributed by atoms with Crippen molar-refractivity contribution in [2.45, 2.75) is 117 Å². The third-order valence-electron chi connectivity index (χ3n) is 9.70. The van der Waals surface area contributed by atoms with E-state index in [-0.39, 0.29) is 46.1 Å². The van der Waals surface area contributed by atoms with Crippen LogP contribution in [0.1, 0.15) is 61.3 Å². The second-order valence-electron chi connectivity index (χ2n) is 13.8. The lowest BCUT2D eigenvalue weighted by Gasteiger charge is -2.48. The van der Waals surface area contributed by atoms with Crippen LogP contribution in [0.25, 0.3) is 22.3 Å². The molecule has 5 rings (SSSR count). The van der Waals surface area contributed by atoms with Crippen LogP contribution in [0.3, 0.4) is 0 Å². The van der Waals surface area contributed by atoms with E-state index in [1.165, 1.54) is 46.3 Å². The third kappa shape index (κ3) is 9.40. The number of fused-ring (bicyclic) bond motifs is 1. The number of methoxy groups -OCH3 is 2. The lowest BCUT2D eigenvalue weighted by atomic mass is 9.88. The smallest absolute Gasteiger partial charge is 0.303 e. The molecule has 2 saturated heterocycles. The number of hydrogen-bond acceptors (Lipinski definition) is 18. The predicted molar refractivity (Wildman–Crippen MR) is 199 cm³/mol. The molecule has 2 N–H and O–H groups in total. The van der Waals surface area contributed by atoms with Crippen molar-refractivity contribution in [3.05, 3.63) is 40.6 Å². The number of ether oxygens (including phenoxy) is 10. The van der Waals surface area contributed by atoms with Crippen LogP contribution in [-0.4, -0.2) is 104 Å². The Morgan fingerprint density at radius 2 is 1.19 bits per heavy atom. The zero-order valence-corrected chi connectivity index (χ0v) is 33.5. The molecule has 18 nitrogen and oxygen atoms in total. The molecule has 0 radical (unpaired) electrons. The van der Waals surface area contributed by atoms with Crippen molar-refractivity contribution >= 4 is 34.8 Å². The molecule has 2 aliphatic rings. The first-order chi connectivity index (χ1) is 27.5. The summed E-state index contributed by atoms with van der Waals surface area (Å²) in [5, 5.41) is 21.3. The highest BCUT2D eigenvalue weighted by Crippen LogP contribution is 2.42. The summed E-state index contributed by atoms with van der Waals surface area (Å²) in [6.45, 7) is 10.0. The number of esters is 4. The fourth-order valence-electron chi connectivity index (χ4n) is 7.18. The Labute approximate surface area is 333 Å². The molecular weight excluding hydrogens is 768 g/mol. The zero-order chi connectivity index (χ0) is 42.6. The van der Waals surface area contributed by atoms with Crippen molar-refractivity contribution in [1.29, 1.82) is 0 Å². The van der Waals surface area contributed by atoms with Gasteiger partial charge in [-0.25, -0.2) is 0 Å². The van der Waals surface area contributed by atoms with Gasteiger partial charge < -0.3 is 62.0 Å². The van der Waals surface area contributed by atoms with Crippen LogP contribution in [0, 0.1) is 5.92 Å². The first-order valence-electron chi connectivity index (χ1n) is 18.6. The van der Waals surface area contributed by atoms with Crippen LogP contribution in [0.4, 0.5) is 0 Å². The summed E-state index contributed by atoms with van der Waals surface area (Å²) in [5.74, 6) is -4.16. The van der Waals surface area contributed by atoms with Gasteiger partial charge >= 0.3 is 23.9 Å². The predicted octanol–water partition coefficient (Wildman–Crippen LogP) is 4.29. The first kappa shape index (κ1) is 43.5. The topological polar surface area (TPSA) is 231 Å². The molecule has 2 aliphatic heterocycles. The monoisotopic (exact) mass is 816 g/mol. The van der Waals surface area contributed by atoms with Crippen LogP contribution in [-0.2, 0) is 52.3 Å². The number of phenols is 2. The highest BCUT2D eigenvalue weighted by molar-refractivity contribution is 5.86. The van der Waals surface area contributed by atoms with Crippen LogP contribution >= 0.6 is 0 Å². The van der Waals surface area contributed by atoms with E-state index in [0.29, 0.717) is 12.0 Å². The lowest BCUT2D eigenvalue weighted by Crippen LogP contribution is -2.65. The molecule has 3 aromatic rings. The molecule has 0 aliphatic carbocycles. The highest BCUT2D eigenvalue weighted by Gasteiger charge is 2.55. The van der Waals surface area contributed by atoms with E-state index in [1.807, 2.05) is 6.92 Å². The van der Waals surface area contributed by atoms with Gasteiger partial charge in [0.05, 0.1) is 26.4 Å². The molecule has 0 saturated carbocycles. The van der Waals surface area contributed by atoms with E-state index < -0.39 is 96.3 Å². The van der Waals surface area contributed by atoms with Gasteiger partial charge in [-0.1, -0.05) is 20.8 Å². The summed E-state index contributed by atoms with van der Waals surface area (Å²) in [6.07, 6.45) is -10.2. The summed E-state index contributed by atoms with van der Waals surface area (Å²) in [7, 11) is 2.67. The molecule has 0 spiro atoms. The molecule has 316 valence electrons. The molecule has 0 amide bonds. The van der Waals surface area contributed by atoms with Gasteiger partial charge in [-0.05, 0) is 25.0 Å². The minimum absolute atomic E-state index is 0.0194. The minimum atomic E-state index is -1.52. The maximum atomic E-state index is 13.3. The number of phenolic OH excluding ortho intramolecular Hbond substituents is 2. The Balaban J connectivity index is 1.55. The number of benzene rings is 2. The van der Waals surface area contributed by atoms with Gasteiger partial charge in [0.2, 0.25) is 18.1 Å². The number of carbonyl (C=O) groups excluding carboxylic acids is 4. The summed E-state index contributed by atoms with van der Waals surface area (Å²) < 4.78 is 64.5. The summed E-state index contributed by atoms with van der Waals surface area (Å²) in [6, 6.07) is 6.42. The maximum absolute atomic E-state index is 13.3. The number of carbonyl (C=O) groups is 4. The van der Waals surface area contributed by atoms with Crippen molar-refractivity contribution in [2.75, 3.05) is 14.2 Å².